The Morgan fingerprint density at radius 3 is 2.56 bits per heavy atom. The van der Waals surface area contributed by atoms with Gasteiger partial charge in [0, 0.05) is 43.3 Å². The van der Waals surface area contributed by atoms with Crippen molar-refractivity contribution in [2.45, 2.75) is 6.92 Å². The smallest absolute Gasteiger partial charge is 0.258 e. The van der Waals surface area contributed by atoms with E-state index in [4.69, 9.17) is 14.1 Å². The van der Waals surface area contributed by atoms with Gasteiger partial charge in [0.1, 0.15) is 22.9 Å². The minimum absolute atomic E-state index is 0.0122. The van der Waals surface area contributed by atoms with E-state index in [1.165, 1.54) is 0 Å². The van der Waals surface area contributed by atoms with Crippen LogP contribution in [0.3, 0.4) is 0 Å². The van der Waals surface area contributed by atoms with E-state index in [1.54, 1.807) is 13.3 Å². The lowest BCUT2D eigenvalue weighted by Gasteiger charge is -2.35. The summed E-state index contributed by atoms with van der Waals surface area (Å²) in [6.45, 7) is 4.46. The van der Waals surface area contributed by atoms with Gasteiger partial charge in [-0.3, -0.25) is 4.79 Å². The Morgan fingerprint density at radius 2 is 1.81 bits per heavy atom. The highest BCUT2D eigenvalue weighted by molar-refractivity contribution is 6.07. The Hall–Kier alpha value is -3.87. The molecule has 0 aliphatic carbocycles. The molecular formula is C25H24N4O3. The zero-order valence-electron chi connectivity index (χ0n) is 18.1. The molecule has 1 aliphatic heterocycles. The fourth-order valence-electron chi connectivity index (χ4n) is 4.14. The van der Waals surface area contributed by atoms with Crippen molar-refractivity contribution in [2.75, 3.05) is 38.2 Å². The largest absolute Gasteiger partial charge is 0.497 e. The first-order chi connectivity index (χ1) is 15.6. The predicted octanol–water partition coefficient (Wildman–Crippen LogP) is 4.17. The van der Waals surface area contributed by atoms with Gasteiger partial charge in [0.15, 0.2) is 5.82 Å². The third-order valence-corrected chi connectivity index (χ3v) is 5.85. The van der Waals surface area contributed by atoms with Gasteiger partial charge < -0.3 is 19.0 Å². The van der Waals surface area contributed by atoms with Gasteiger partial charge in [-0.25, -0.2) is 9.97 Å². The number of aromatic nitrogens is 2. The topological polar surface area (TPSA) is 71.7 Å². The van der Waals surface area contributed by atoms with Crippen LogP contribution in [0.25, 0.3) is 22.4 Å². The maximum absolute atomic E-state index is 13.4. The summed E-state index contributed by atoms with van der Waals surface area (Å²) in [5.41, 5.74) is 2.29. The summed E-state index contributed by atoms with van der Waals surface area (Å²) < 4.78 is 11.2. The predicted molar refractivity (Wildman–Crippen MR) is 123 cm³/mol. The van der Waals surface area contributed by atoms with Crippen LogP contribution in [0.4, 0.5) is 5.82 Å². The highest BCUT2D eigenvalue weighted by Crippen LogP contribution is 2.30. The van der Waals surface area contributed by atoms with Crippen molar-refractivity contribution in [3.8, 4) is 17.1 Å². The van der Waals surface area contributed by atoms with Gasteiger partial charge in [-0.05, 0) is 31.2 Å². The molecule has 0 saturated carbocycles. The number of ether oxygens (including phenoxy) is 1. The highest BCUT2D eigenvalue weighted by Gasteiger charge is 2.27. The van der Waals surface area contributed by atoms with Crippen LogP contribution in [0.1, 0.15) is 16.1 Å². The number of anilines is 1. The highest BCUT2D eigenvalue weighted by atomic mass is 16.5. The zero-order chi connectivity index (χ0) is 22.1. The minimum atomic E-state index is -0.0122. The van der Waals surface area contributed by atoms with Gasteiger partial charge in [0.05, 0.1) is 12.7 Å². The van der Waals surface area contributed by atoms with Crippen LogP contribution in [0.5, 0.6) is 5.75 Å². The Bertz CT molecular complexity index is 1260. The van der Waals surface area contributed by atoms with Crippen molar-refractivity contribution in [3.05, 3.63) is 72.1 Å². The molecule has 4 aromatic rings. The second-order valence-electron chi connectivity index (χ2n) is 7.78. The van der Waals surface area contributed by atoms with Crippen LogP contribution in [0.2, 0.25) is 0 Å². The van der Waals surface area contributed by atoms with Crippen molar-refractivity contribution >= 4 is 22.7 Å². The molecule has 32 heavy (non-hydrogen) atoms. The molecule has 1 aliphatic rings. The minimum Gasteiger partial charge on any atom is -0.497 e. The Kier molecular flexibility index (Phi) is 5.23. The second kappa shape index (κ2) is 8.34. The van der Waals surface area contributed by atoms with Gasteiger partial charge in [0.25, 0.3) is 5.91 Å². The standard InChI is InChI=1S/C25H24N4O3/c1-17-23(20-16-19(31-2)8-9-21(20)32-17)25(30)29-14-12-28(13-15-29)22-10-11-26-24(27-22)18-6-4-3-5-7-18/h3-11,16H,12-15H2,1-2H3. The molecule has 5 rings (SSSR count). The van der Waals surface area contributed by atoms with E-state index in [0.29, 0.717) is 54.7 Å². The Morgan fingerprint density at radius 1 is 1.03 bits per heavy atom. The summed E-state index contributed by atoms with van der Waals surface area (Å²) in [5, 5.41) is 0.789. The van der Waals surface area contributed by atoms with Crippen molar-refractivity contribution in [1.29, 1.82) is 0 Å². The van der Waals surface area contributed by atoms with Crippen molar-refractivity contribution in [1.82, 2.24) is 14.9 Å². The summed E-state index contributed by atoms with van der Waals surface area (Å²) >= 11 is 0. The number of carbonyl (C=O) groups excluding carboxylic acids is 1. The SMILES string of the molecule is COc1ccc2oc(C)c(C(=O)N3CCN(c4ccnc(-c5ccccc5)n4)CC3)c2c1. The Labute approximate surface area is 186 Å². The molecule has 0 radical (unpaired) electrons. The molecule has 0 N–H and O–H groups in total. The number of methoxy groups -OCH3 is 1. The fourth-order valence-corrected chi connectivity index (χ4v) is 4.14. The van der Waals surface area contributed by atoms with Crippen molar-refractivity contribution in [3.63, 3.8) is 0 Å². The third-order valence-electron chi connectivity index (χ3n) is 5.85. The Balaban J connectivity index is 1.33. The number of benzene rings is 2. The fraction of sp³-hybridized carbons (Fsp3) is 0.240. The van der Waals surface area contributed by atoms with E-state index in [1.807, 2.05) is 66.4 Å². The molecule has 162 valence electrons. The number of furan rings is 1. The molecule has 1 saturated heterocycles. The van der Waals surface area contributed by atoms with Crippen LogP contribution in [-0.2, 0) is 0 Å². The average Bonchev–Trinajstić information content (AvgIpc) is 3.19. The molecule has 0 unspecified atom stereocenters. The van der Waals surface area contributed by atoms with Gasteiger partial charge in [0.2, 0.25) is 0 Å². The normalized spacial score (nSPS) is 14.1. The number of nitrogens with zero attached hydrogens (tertiary/aromatic N) is 4. The number of fused-ring (bicyclic) bond motifs is 1. The van der Waals surface area contributed by atoms with E-state index in [0.717, 1.165) is 16.8 Å². The first kappa shape index (κ1) is 20.1. The lowest BCUT2D eigenvalue weighted by Crippen LogP contribution is -2.49. The summed E-state index contributed by atoms with van der Waals surface area (Å²) in [7, 11) is 1.62. The molecule has 0 spiro atoms. The lowest BCUT2D eigenvalue weighted by molar-refractivity contribution is 0.0746. The molecule has 2 aromatic heterocycles. The van der Waals surface area contributed by atoms with E-state index in [-0.39, 0.29) is 5.91 Å². The number of hydrogen-bond acceptors (Lipinski definition) is 6. The van der Waals surface area contributed by atoms with E-state index < -0.39 is 0 Å². The third kappa shape index (κ3) is 3.66. The van der Waals surface area contributed by atoms with Crippen LogP contribution in [0, 0.1) is 6.92 Å². The summed E-state index contributed by atoms with van der Waals surface area (Å²) in [6, 6.07) is 17.4. The lowest BCUT2D eigenvalue weighted by atomic mass is 10.1. The van der Waals surface area contributed by atoms with Crippen LogP contribution in [0.15, 0.2) is 65.2 Å². The number of amides is 1. The summed E-state index contributed by atoms with van der Waals surface area (Å²) in [6.07, 6.45) is 1.79. The van der Waals surface area contributed by atoms with Crippen LogP contribution < -0.4 is 9.64 Å². The van der Waals surface area contributed by atoms with Gasteiger partial charge in [-0.15, -0.1) is 0 Å². The molecule has 1 amide bonds. The number of piperazine rings is 1. The molecule has 0 bridgehead atoms. The quantitative estimate of drug-likeness (QED) is 0.486. The molecule has 7 heteroatoms. The van der Waals surface area contributed by atoms with E-state index >= 15 is 0 Å². The maximum atomic E-state index is 13.4. The second-order valence-corrected chi connectivity index (χ2v) is 7.78. The van der Waals surface area contributed by atoms with E-state index in [2.05, 4.69) is 9.88 Å². The average molecular weight is 428 g/mol. The number of aryl methyl sites for hydroxylation is 1. The summed E-state index contributed by atoms with van der Waals surface area (Å²) in [5.74, 6) is 2.90. The molecule has 1 fully saturated rings. The van der Waals surface area contributed by atoms with Crippen molar-refractivity contribution < 1.29 is 13.9 Å². The summed E-state index contributed by atoms with van der Waals surface area (Å²) in [4.78, 5) is 26.6. The van der Waals surface area contributed by atoms with Gasteiger partial charge in [-0.2, -0.15) is 0 Å². The maximum Gasteiger partial charge on any atom is 0.258 e. The molecule has 3 heterocycles. The van der Waals surface area contributed by atoms with Gasteiger partial charge in [-0.1, -0.05) is 30.3 Å². The first-order valence-electron chi connectivity index (χ1n) is 10.6. The molecule has 7 nitrogen and oxygen atoms in total. The number of carbonyl (C=O) groups is 1. The van der Waals surface area contributed by atoms with Crippen LogP contribution in [-0.4, -0.2) is 54.1 Å². The van der Waals surface area contributed by atoms with Crippen LogP contribution >= 0.6 is 0 Å². The molecule has 2 aromatic carbocycles. The zero-order valence-corrected chi connectivity index (χ0v) is 18.1. The van der Waals surface area contributed by atoms with Crippen molar-refractivity contribution in [2.24, 2.45) is 0 Å². The first-order valence-corrected chi connectivity index (χ1v) is 10.6. The monoisotopic (exact) mass is 428 g/mol. The molecule has 0 atom stereocenters. The molecular weight excluding hydrogens is 404 g/mol. The number of hydrogen-bond donors (Lipinski definition) is 0. The number of rotatable bonds is 4. The van der Waals surface area contributed by atoms with Gasteiger partial charge >= 0.3 is 0 Å². The van der Waals surface area contributed by atoms with E-state index in [9.17, 15) is 4.79 Å².